The maximum absolute atomic E-state index is 12.0. The molecule has 1 aromatic carbocycles. The van der Waals surface area contributed by atoms with E-state index in [1.165, 1.54) is 0 Å². The van der Waals surface area contributed by atoms with Gasteiger partial charge in [0, 0.05) is 6.54 Å². The maximum atomic E-state index is 12.0. The minimum absolute atomic E-state index is 0.187. The van der Waals surface area contributed by atoms with Gasteiger partial charge in [-0.15, -0.1) is 11.6 Å². The Morgan fingerprint density at radius 3 is 2.90 bits per heavy atom. The van der Waals surface area contributed by atoms with Gasteiger partial charge in [0.2, 0.25) is 0 Å². The summed E-state index contributed by atoms with van der Waals surface area (Å²) >= 11 is 5.94. The van der Waals surface area contributed by atoms with Gasteiger partial charge >= 0.3 is 0 Å². The summed E-state index contributed by atoms with van der Waals surface area (Å²) in [6, 6.07) is 7.43. The molecule has 1 unspecified atom stereocenters. The minimum atomic E-state index is -3.03. The molecule has 1 atom stereocenters. The van der Waals surface area contributed by atoms with Crippen LogP contribution in [0.5, 0.6) is 0 Å². The lowest BCUT2D eigenvalue weighted by Gasteiger charge is -2.13. The van der Waals surface area contributed by atoms with Crippen LogP contribution in [0.25, 0.3) is 11.0 Å². The highest BCUT2D eigenvalue weighted by Crippen LogP contribution is 2.26. The number of halogens is 1. The van der Waals surface area contributed by atoms with Crippen LogP contribution in [0, 0.1) is 11.3 Å². The summed E-state index contributed by atoms with van der Waals surface area (Å²) in [6.45, 7) is 0.357. The Kier molecular flexibility index (Phi) is 3.64. The van der Waals surface area contributed by atoms with Crippen LogP contribution in [0.2, 0.25) is 0 Å². The van der Waals surface area contributed by atoms with Crippen molar-refractivity contribution >= 4 is 32.5 Å². The van der Waals surface area contributed by atoms with Crippen molar-refractivity contribution in [1.82, 2.24) is 9.55 Å². The lowest BCUT2D eigenvalue weighted by Crippen LogP contribution is -2.23. The fraction of sp³-hybridized carbons (Fsp3) is 0.429. The fourth-order valence-electron chi connectivity index (χ4n) is 2.86. The van der Waals surface area contributed by atoms with Crippen LogP contribution in [-0.4, -0.2) is 29.0 Å². The summed E-state index contributed by atoms with van der Waals surface area (Å²) in [5.74, 6) is 1.05. The van der Waals surface area contributed by atoms with Crippen LogP contribution in [0.15, 0.2) is 18.2 Å². The van der Waals surface area contributed by atoms with Crippen molar-refractivity contribution in [1.29, 1.82) is 5.26 Å². The quantitative estimate of drug-likeness (QED) is 0.812. The van der Waals surface area contributed by atoms with Gasteiger partial charge in [-0.1, -0.05) is 6.07 Å². The van der Waals surface area contributed by atoms with E-state index in [1.54, 1.807) is 12.1 Å². The number of nitriles is 1. The topological polar surface area (TPSA) is 75.8 Å². The number of benzene rings is 1. The summed E-state index contributed by atoms with van der Waals surface area (Å²) in [6.07, 6.45) is 1.38. The molecule has 0 N–H and O–H groups in total. The molecular weight excluding hydrogens is 310 g/mol. The van der Waals surface area contributed by atoms with Gasteiger partial charge in [0.25, 0.3) is 0 Å². The number of para-hydroxylation sites is 1. The van der Waals surface area contributed by atoms with Gasteiger partial charge in [-0.2, -0.15) is 5.26 Å². The lowest BCUT2D eigenvalue weighted by molar-refractivity contribution is 0.565. The van der Waals surface area contributed by atoms with Crippen molar-refractivity contribution in [2.24, 2.45) is 0 Å². The SMILES string of the molecule is N#Cc1cccc2c1nc(CCl)n2CC1CCCS1(=O)=O. The third-order valence-electron chi connectivity index (χ3n) is 3.95. The predicted octanol–water partition coefficient (Wildman–Crippen LogP) is 2.22. The summed E-state index contributed by atoms with van der Waals surface area (Å²) in [4.78, 5) is 4.41. The molecule has 7 heteroatoms. The molecule has 1 saturated heterocycles. The first-order chi connectivity index (χ1) is 10.1. The van der Waals surface area contributed by atoms with Gasteiger partial charge in [-0.25, -0.2) is 13.4 Å². The van der Waals surface area contributed by atoms with E-state index in [0.717, 1.165) is 5.52 Å². The minimum Gasteiger partial charge on any atom is -0.326 e. The molecule has 2 heterocycles. The highest BCUT2D eigenvalue weighted by Gasteiger charge is 2.32. The molecule has 1 aliphatic heterocycles. The van der Waals surface area contributed by atoms with Gasteiger partial charge in [-0.05, 0) is 25.0 Å². The second-order valence-electron chi connectivity index (χ2n) is 5.19. The Morgan fingerprint density at radius 1 is 1.48 bits per heavy atom. The zero-order chi connectivity index (χ0) is 15.0. The first-order valence-corrected chi connectivity index (χ1v) is 8.97. The standard InChI is InChI=1S/C14H14ClN3O2S/c15-7-13-17-14-10(8-16)3-1-5-12(14)18(13)9-11-4-2-6-21(11,19)20/h1,3,5,11H,2,4,6-7,9H2. The number of aromatic nitrogens is 2. The number of fused-ring (bicyclic) bond motifs is 1. The molecule has 3 rings (SSSR count). The average molecular weight is 324 g/mol. The highest BCUT2D eigenvalue weighted by atomic mass is 35.5. The predicted molar refractivity (Wildman–Crippen MR) is 80.8 cm³/mol. The number of hydrogen-bond acceptors (Lipinski definition) is 4. The second kappa shape index (κ2) is 5.32. The molecular formula is C14H14ClN3O2S. The molecule has 5 nitrogen and oxygen atoms in total. The van der Waals surface area contributed by atoms with Gasteiger partial charge in [0.05, 0.1) is 28.0 Å². The van der Waals surface area contributed by atoms with Crippen molar-refractivity contribution < 1.29 is 8.42 Å². The van der Waals surface area contributed by atoms with Crippen molar-refractivity contribution in [2.45, 2.75) is 30.5 Å². The Hall–Kier alpha value is -1.58. The van der Waals surface area contributed by atoms with Crippen molar-refractivity contribution in [3.63, 3.8) is 0 Å². The van der Waals surface area contributed by atoms with E-state index in [0.29, 0.717) is 36.3 Å². The van der Waals surface area contributed by atoms with E-state index in [-0.39, 0.29) is 16.9 Å². The smallest absolute Gasteiger partial charge is 0.154 e. The van der Waals surface area contributed by atoms with Crippen molar-refractivity contribution in [3.05, 3.63) is 29.6 Å². The molecule has 0 radical (unpaired) electrons. The molecule has 1 aromatic heterocycles. The molecule has 21 heavy (non-hydrogen) atoms. The number of sulfone groups is 1. The van der Waals surface area contributed by atoms with E-state index in [1.807, 2.05) is 10.6 Å². The zero-order valence-corrected chi connectivity index (χ0v) is 12.9. The maximum Gasteiger partial charge on any atom is 0.154 e. The van der Waals surface area contributed by atoms with Gasteiger partial charge in [0.1, 0.15) is 17.4 Å². The lowest BCUT2D eigenvalue weighted by atomic mass is 10.2. The van der Waals surface area contributed by atoms with Crippen molar-refractivity contribution in [2.75, 3.05) is 5.75 Å². The van der Waals surface area contributed by atoms with E-state index < -0.39 is 9.84 Å². The van der Waals surface area contributed by atoms with Gasteiger partial charge < -0.3 is 4.57 Å². The number of rotatable bonds is 3. The van der Waals surface area contributed by atoms with E-state index in [4.69, 9.17) is 16.9 Å². The third-order valence-corrected chi connectivity index (χ3v) is 6.44. The fourth-order valence-corrected chi connectivity index (χ4v) is 4.87. The second-order valence-corrected chi connectivity index (χ2v) is 7.86. The molecule has 0 bridgehead atoms. The molecule has 2 aromatic rings. The molecule has 1 aliphatic rings. The summed E-state index contributed by atoms with van der Waals surface area (Å²) in [5, 5.41) is 8.76. The largest absolute Gasteiger partial charge is 0.326 e. The van der Waals surface area contributed by atoms with Crippen molar-refractivity contribution in [3.8, 4) is 6.07 Å². The van der Waals surface area contributed by atoms with E-state index >= 15 is 0 Å². The summed E-state index contributed by atoms with van der Waals surface area (Å²) < 4.78 is 25.9. The number of imidazole rings is 1. The summed E-state index contributed by atoms with van der Waals surface area (Å²) in [5.41, 5.74) is 1.84. The van der Waals surface area contributed by atoms with Crippen LogP contribution in [0.3, 0.4) is 0 Å². The highest BCUT2D eigenvalue weighted by molar-refractivity contribution is 7.92. The zero-order valence-electron chi connectivity index (χ0n) is 11.3. The number of alkyl halides is 1. The third kappa shape index (κ3) is 2.41. The first-order valence-electron chi connectivity index (χ1n) is 6.72. The monoisotopic (exact) mass is 323 g/mol. The first kappa shape index (κ1) is 14.4. The van der Waals surface area contributed by atoms with Gasteiger partial charge in [-0.3, -0.25) is 0 Å². The van der Waals surface area contributed by atoms with Crippen LogP contribution < -0.4 is 0 Å². The van der Waals surface area contributed by atoms with E-state index in [9.17, 15) is 8.42 Å². The van der Waals surface area contributed by atoms with Crippen LogP contribution in [0.1, 0.15) is 24.2 Å². The Morgan fingerprint density at radius 2 is 2.29 bits per heavy atom. The van der Waals surface area contributed by atoms with Crippen LogP contribution in [-0.2, 0) is 22.3 Å². The Labute approximate surface area is 128 Å². The van der Waals surface area contributed by atoms with Crippen LogP contribution >= 0.6 is 11.6 Å². The molecule has 0 spiro atoms. The van der Waals surface area contributed by atoms with Crippen LogP contribution in [0.4, 0.5) is 0 Å². The van der Waals surface area contributed by atoms with Gasteiger partial charge in [0.15, 0.2) is 9.84 Å². The molecule has 0 amide bonds. The van der Waals surface area contributed by atoms with E-state index in [2.05, 4.69) is 11.1 Å². The molecule has 110 valence electrons. The molecule has 0 aliphatic carbocycles. The number of nitrogens with zero attached hydrogens (tertiary/aromatic N) is 3. The summed E-state index contributed by atoms with van der Waals surface area (Å²) in [7, 11) is -3.03. The number of hydrogen-bond donors (Lipinski definition) is 0. The molecule has 0 saturated carbocycles. The Balaban J connectivity index is 2.12. The Bertz CT molecular complexity index is 836. The molecule has 1 fully saturated rings. The normalized spacial score (nSPS) is 20.7. The average Bonchev–Trinajstić information content (AvgIpc) is 2.99.